The van der Waals surface area contributed by atoms with Crippen LogP contribution in [0, 0.1) is 11.3 Å². The minimum Gasteiger partial charge on any atom is -0.379 e. The van der Waals surface area contributed by atoms with E-state index < -0.39 is 5.91 Å². The fraction of sp³-hybridized carbons (Fsp3) is 0.462. The van der Waals surface area contributed by atoms with Gasteiger partial charge in [0.05, 0.1) is 36.6 Å². The predicted octanol–water partition coefficient (Wildman–Crippen LogP) is 1.45. The van der Waals surface area contributed by atoms with E-state index in [9.17, 15) is 19.6 Å². The second kappa shape index (κ2) is 10.6. The summed E-state index contributed by atoms with van der Waals surface area (Å²) in [6, 6.07) is 8.58. The monoisotopic (exact) mass is 505 g/mol. The summed E-state index contributed by atoms with van der Waals surface area (Å²) in [5, 5.41) is 15.5. The molecule has 5 rings (SSSR count). The Labute approximate surface area is 215 Å². The molecular formula is C26H31N7O4. The summed E-state index contributed by atoms with van der Waals surface area (Å²) in [4.78, 5) is 41.5. The average molecular weight is 506 g/mol. The van der Waals surface area contributed by atoms with E-state index in [-0.39, 0.29) is 30.0 Å². The molecule has 0 radical (unpaired) electrons. The number of rotatable bonds is 7. The van der Waals surface area contributed by atoms with Crippen LogP contribution < -0.4 is 16.4 Å². The number of nitriles is 1. The zero-order chi connectivity index (χ0) is 25.9. The van der Waals surface area contributed by atoms with Gasteiger partial charge in [0.25, 0.3) is 11.8 Å². The molecule has 1 saturated carbocycles. The fourth-order valence-corrected chi connectivity index (χ4v) is 5.08. The zero-order valence-electron chi connectivity index (χ0n) is 20.7. The van der Waals surface area contributed by atoms with Crippen molar-refractivity contribution in [1.82, 2.24) is 19.7 Å². The molecule has 0 spiro atoms. The molecule has 1 aromatic carbocycles. The van der Waals surface area contributed by atoms with Crippen molar-refractivity contribution in [2.75, 3.05) is 51.3 Å². The van der Waals surface area contributed by atoms with Gasteiger partial charge in [-0.15, -0.1) is 0 Å². The molecule has 1 saturated heterocycles. The summed E-state index contributed by atoms with van der Waals surface area (Å²) in [6.45, 7) is 5.65. The maximum Gasteiger partial charge on any atom is 0.322 e. The van der Waals surface area contributed by atoms with Crippen molar-refractivity contribution in [2.24, 2.45) is 5.73 Å². The van der Waals surface area contributed by atoms with Crippen LogP contribution in [0.2, 0.25) is 0 Å². The normalized spacial score (nSPS) is 17.5. The van der Waals surface area contributed by atoms with Gasteiger partial charge in [0.1, 0.15) is 6.07 Å². The number of amides is 4. The Bertz CT molecular complexity index is 1240. The summed E-state index contributed by atoms with van der Waals surface area (Å²) in [6.07, 6.45) is 1.98. The number of urea groups is 1. The first-order chi connectivity index (χ1) is 18.0. The number of hydrogen-bond donors (Lipinski definition) is 3. The van der Waals surface area contributed by atoms with E-state index in [1.54, 1.807) is 29.2 Å². The Morgan fingerprint density at radius 3 is 2.46 bits per heavy atom. The minimum absolute atomic E-state index is 0.165. The topological polar surface area (TPSA) is 146 Å². The molecule has 0 atom stereocenters. The van der Waals surface area contributed by atoms with Crippen molar-refractivity contribution in [3.05, 3.63) is 52.3 Å². The molecule has 37 heavy (non-hydrogen) atoms. The lowest BCUT2D eigenvalue weighted by atomic mass is 10.1. The Balaban J connectivity index is 1.19. The average Bonchev–Trinajstić information content (AvgIpc) is 3.69. The van der Waals surface area contributed by atoms with Crippen LogP contribution >= 0.6 is 0 Å². The number of morpholine rings is 1. The van der Waals surface area contributed by atoms with E-state index >= 15 is 0 Å². The molecule has 4 N–H and O–H groups in total. The van der Waals surface area contributed by atoms with Gasteiger partial charge in [-0.2, -0.15) is 5.26 Å². The predicted molar refractivity (Wildman–Crippen MR) is 135 cm³/mol. The smallest absolute Gasteiger partial charge is 0.322 e. The number of nitrogens with one attached hydrogen (secondary N) is 2. The second-order valence-electron chi connectivity index (χ2n) is 9.62. The molecule has 11 nitrogen and oxygen atoms in total. The number of primary amides is 1. The van der Waals surface area contributed by atoms with Crippen LogP contribution in [0.15, 0.2) is 24.3 Å². The molecule has 1 aliphatic carbocycles. The van der Waals surface area contributed by atoms with Crippen LogP contribution in [0.5, 0.6) is 0 Å². The molecule has 3 heterocycles. The maximum atomic E-state index is 13.0. The number of nitrogens with two attached hydrogens (primary N) is 1. The number of ether oxygens (including phenoxy) is 1. The lowest BCUT2D eigenvalue weighted by molar-refractivity contribution is 0.0383. The molecule has 4 amide bonds. The van der Waals surface area contributed by atoms with Crippen LogP contribution in [0.1, 0.15) is 56.4 Å². The van der Waals surface area contributed by atoms with Gasteiger partial charge in [-0.25, -0.2) is 4.79 Å². The van der Waals surface area contributed by atoms with E-state index in [1.165, 1.54) is 0 Å². The fourth-order valence-electron chi connectivity index (χ4n) is 5.08. The highest BCUT2D eigenvalue weighted by molar-refractivity contribution is 5.98. The Hall–Kier alpha value is -3.88. The van der Waals surface area contributed by atoms with Crippen LogP contribution in [0.4, 0.5) is 10.5 Å². The number of hydrogen-bond acceptors (Lipinski definition) is 6. The van der Waals surface area contributed by atoms with E-state index in [0.29, 0.717) is 42.1 Å². The van der Waals surface area contributed by atoms with Crippen LogP contribution in [-0.4, -0.2) is 78.1 Å². The molecule has 1 aromatic heterocycles. The molecule has 2 aromatic rings. The first-order valence-electron chi connectivity index (χ1n) is 12.7. The lowest BCUT2D eigenvalue weighted by Crippen LogP contribution is -2.41. The van der Waals surface area contributed by atoms with Crippen molar-refractivity contribution < 1.29 is 19.1 Å². The van der Waals surface area contributed by atoms with Gasteiger partial charge in [0, 0.05) is 62.1 Å². The van der Waals surface area contributed by atoms with E-state index in [4.69, 9.17) is 10.5 Å². The van der Waals surface area contributed by atoms with Gasteiger partial charge in [0.2, 0.25) is 0 Å². The minimum atomic E-state index is -0.645. The molecule has 2 fully saturated rings. The molecule has 2 aliphatic heterocycles. The molecular weight excluding hydrogens is 474 g/mol. The van der Waals surface area contributed by atoms with Crippen molar-refractivity contribution in [3.63, 3.8) is 0 Å². The van der Waals surface area contributed by atoms with Gasteiger partial charge < -0.3 is 30.6 Å². The van der Waals surface area contributed by atoms with Crippen molar-refractivity contribution in [1.29, 1.82) is 5.26 Å². The van der Waals surface area contributed by atoms with E-state index in [1.807, 2.05) is 4.57 Å². The van der Waals surface area contributed by atoms with Crippen LogP contribution in [-0.2, 0) is 17.8 Å². The number of aromatic nitrogens is 1. The molecule has 11 heteroatoms. The number of fused-ring (bicyclic) bond motifs is 1. The molecule has 0 unspecified atom stereocenters. The van der Waals surface area contributed by atoms with Gasteiger partial charge in [-0.1, -0.05) is 0 Å². The molecule has 0 bridgehead atoms. The number of anilines is 1. The van der Waals surface area contributed by atoms with Crippen molar-refractivity contribution >= 4 is 23.5 Å². The maximum absolute atomic E-state index is 13.0. The summed E-state index contributed by atoms with van der Waals surface area (Å²) in [5.41, 5.74) is 8.79. The highest BCUT2D eigenvalue weighted by Crippen LogP contribution is 2.44. The number of benzene rings is 1. The Kier molecular flexibility index (Phi) is 7.12. The van der Waals surface area contributed by atoms with E-state index in [0.717, 1.165) is 51.4 Å². The highest BCUT2D eigenvalue weighted by atomic mass is 16.5. The molecule has 3 aliphatic rings. The first kappa shape index (κ1) is 24.8. The van der Waals surface area contributed by atoms with Crippen LogP contribution in [0.3, 0.4) is 0 Å². The number of carbonyl (C=O) groups is 3. The largest absolute Gasteiger partial charge is 0.379 e. The summed E-state index contributed by atoms with van der Waals surface area (Å²) < 4.78 is 7.34. The summed E-state index contributed by atoms with van der Waals surface area (Å²) in [7, 11) is 0. The van der Waals surface area contributed by atoms with Crippen molar-refractivity contribution in [3.8, 4) is 6.07 Å². The Morgan fingerprint density at radius 2 is 1.81 bits per heavy atom. The third-order valence-corrected chi connectivity index (χ3v) is 7.17. The van der Waals surface area contributed by atoms with Gasteiger partial charge >= 0.3 is 6.03 Å². The third kappa shape index (κ3) is 5.30. The van der Waals surface area contributed by atoms with E-state index in [2.05, 4.69) is 21.6 Å². The standard InChI is InChI=1S/C26H31N7O4/c27-15-20-22(24(28)34)21-16-32(9-10-33(21)23(20)17-1-2-17)26(36)30-19-5-3-18(4-6-19)25(35)29-7-8-31-11-13-37-14-12-31/h3-6,17H,1-2,7-14,16H2,(H2,28,34)(H,29,35)(H,30,36). The zero-order valence-corrected chi connectivity index (χ0v) is 20.7. The second-order valence-corrected chi connectivity index (χ2v) is 9.62. The SMILES string of the molecule is N#Cc1c(C(N)=O)c2n(c1C1CC1)CCN(C(=O)Nc1ccc(C(=O)NCCN3CCOCC3)cc1)C2. The summed E-state index contributed by atoms with van der Waals surface area (Å²) in [5.74, 6) is -0.535. The number of carbonyl (C=O) groups excluding carboxylic acids is 3. The Morgan fingerprint density at radius 1 is 1.08 bits per heavy atom. The molecule has 194 valence electrons. The lowest BCUT2D eigenvalue weighted by Gasteiger charge is -2.30. The van der Waals surface area contributed by atoms with Gasteiger partial charge in [-0.05, 0) is 37.1 Å². The van der Waals surface area contributed by atoms with Crippen molar-refractivity contribution in [2.45, 2.75) is 31.8 Å². The summed E-state index contributed by atoms with van der Waals surface area (Å²) >= 11 is 0. The highest BCUT2D eigenvalue weighted by Gasteiger charge is 2.37. The number of nitrogens with zero attached hydrogens (tertiary/aromatic N) is 4. The van der Waals surface area contributed by atoms with Crippen LogP contribution in [0.25, 0.3) is 0 Å². The third-order valence-electron chi connectivity index (χ3n) is 7.17. The quantitative estimate of drug-likeness (QED) is 0.519. The first-order valence-corrected chi connectivity index (χ1v) is 12.7. The van der Waals surface area contributed by atoms with Gasteiger partial charge in [-0.3, -0.25) is 14.5 Å². The van der Waals surface area contributed by atoms with Gasteiger partial charge in [0.15, 0.2) is 0 Å².